The molecule has 0 spiro atoms. The van der Waals surface area contributed by atoms with Crippen LogP contribution in [0.15, 0.2) is 54.4 Å². The van der Waals surface area contributed by atoms with Crippen molar-refractivity contribution in [1.29, 1.82) is 0 Å². The summed E-state index contributed by atoms with van der Waals surface area (Å²) in [6, 6.07) is 8.32. The number of hydrogen-bond acceptors (Lipinski definition) is 5. The van der Waals surface area contributed by atoms with Gasteiger partial charge in [0.15, 0.2) is 0 Å². The van der Waals surface area contributed by atoms with Gasteiger partial charge in [-0.3, -0.25) is 9.88 Å². The second-order valence-corrected chi connectivity index (χ2v) is 7.23. The van der Waals surface area contributed by atoms with E-state index in [-0.39, 0.29) is 0 Å². The van der Waals surface area contributed by atoms with E-state index in [4.69, 9.17) is 0 Å². The molecule has 1 atom stereocenters. The molecule has 1 unspecified atom stereocenters. The van der Waals surface area contributed by atoms with E-state index in [1.54, 1.807) is 11.3 Å². The molecular weight excluding hydrogens is 335 g/mol. The van der Waals surface area contributed by atoms with Crippen molar-refractivity contribution in [2.24, 2.45) is 0 Å². The molecule has 0 radical (unpaired) electrons. The number of hydrogen-bond donors (Lipinski definition) is 1. The number of rotatable bonds is 5. The van der Waals surface area contributed by atoms with Crippen LogP contribution in [0.3, 0.4) is 0 Å². The number of nitrogens with zero attached hydrogens (tertiary/aromatic N) is 3. The maximum Gasteiger partial charge on any atom is 0.130 e. The van der Waals surface area contributed by atoms with Crippen molar-refractivity contribution in [2.75, 3.05) is 25.0 Å². The molecule has 4 rings (SSSR count). The van der Waals surface area contributed by atoms with E-state index in [1.807, 2.05) is 24.0 Å². The van der Waals surface area contributed by atoms with Gasteiger partial charge in [-0.2, -0.15) is 0 Å². The van der Waals surface area contributed by atoms with Crippen LogP contribution in [0.4, 0.5) is 10.2 Å². The Morgan fingerprint density at radius 1 is 1.32 bits per heavy atom. The highest BCUT2D eigenvalue weighted by Crippen LogP contribution is 2.28. The number of thiazole rings is 1. The molecule has 0 bridgehead atoms. The van der Waals surface area contributed by atoms with Gasteiger partial charge >= 0.3 is 0 Å². The predicted molar refractivity (Wildman–Crippen MR) is 102 cm³/mol. The zero-order valence-electron chi connectivity index (χ0n) is 13.8. The molecule has 1 aliphatic rings. The first kappa shape index (κ1) is 16.2. The summed E-state index contributed by atoms with van der Waals surface area (Å²) in [6.45, 7) is 5.97. The summed E-state index contributed by atoms with van der Waals surface area (Å²) in [4.78, 5) is 11.8. The van der Waals surface area contributed by atoms with Gasteiger partial charge in [0.2, 0.25) is 0 Å². The molecule has 25 heavy (non-hydrogen) atoms. The van der Waals surface area contributed by atoms with Crippen LogP contribution in [-0.4, -0.2) is 40.7 Å². The van der Waals surface area contributed by atoms with Crippen molar-refractivity contribution >= 4 is 27.9 Å². The van der Waals surface area contributed by atoms with Crippen molar-refractivity contribution in [2.45, 2.75) is 12.6 Å². The van der Waals surface area contributed by atoms with Gasteiger partial charge < -0.3 is 5.32 Å². The summed E-state index contributed by atoms with van der Waals surface area (Å²) >= 11 is 1.62. The second kappa shape index (κ2) is 6.90. The van der Waals surface area contributed by atoms with E-state index in [9.17, 15) is 4.39 Å². The van der Waals surface area contributed by atoms with Crippen molar-refractivity contribution < 1.29 is 4.39 Å². The molecule has 128 valence electrons. The molecule has 0 saturated carbocycles. The van der Waals surface area contributed by atoms with Crippen molar-refractivity contribution in [1.82, 2.24) is 14.9 Å². The molecule has 4 nitrogen and oxygen atoms in total. The van der Waals surface area contributed by atoms with Gasteiger partial charge in [0.25, 0.3) is 0 Å². The van der Waals surface area contributed by atoms with Gasteiger partial charge in [0.1, 0.15) is 12.0 Å². The molecule has 0 amide bonds. The van der Waals surface area contributed by atoms with Gasteiger partial charge in [0.05, 0.1) is 10.4 Å². The lowest BCUT2D eigenvalue weighted by atomic mass is 10.1. The van der Waals surface area contributed by atoms with Crippen LogP contribution < -0.4 is 5.32 Å². The van der Waals surface area contributed by atoms with Gasteiger partial charge in [-0.05, 0) is 29.5 Å². The van der Waals surface area contributed by atoms with E-state index in [1.165, 1.54) is 0 Å². The zero-order chi connectivity index (χ0) is 17.2. The summed E-state index contributed by atoms with van der Waals surface area (Å²) < 4.78 is 13.3. The van der Waals surface area contributed by atoms with E-state index in [0.29, 0.717) is 19.5 Å². The van der Waals surface area contributed by atoms with E-state index >= 15 is 0 Å². The number of aromatic nitrogens is 2. The SMILES string of the molecule is C=C(CN1CCC(F)C1)Nc1cc2cc(-c3cncs3)ccc2cn1. The number of likely N-dealkylation sites (tertiary alicyclic amines) is 1. The Kier molecular flexibility index (Phi) is 4.46. The van der Waals surface area contributed by atoms with Crippen molar-refractivity contribution in [3.05, 3.63) is 54.4 Å². The fourth-order valence-electron chi connectivity index (χ4n) is 3.14. The first-order valence-corrected chi connectivity index (χ1v) is 9.15. The largest absolute Gasteiger partial charge is 0.343 e. The van der Waals surface area contributed by atoms with E-state index < -0.39 is 6.17 Å². The molecule has 3 aromatic rings. The minimum Gasteiger partial charge on any atom is -0.343 e. The summed E-state index contributed by atoms with van der Waals surface area (Å²) in [5.74, 6) is 0.759. The normalized spacial score (nSPS) is 17.9. The third-order valence-corrected chi connectivity index (χ3v) is 5.19. The summed E-state index contributed by atoms with van der Waals surface area (Å²) in [7, 11) is 0. The number of nitrogens with one attached hydrogen (secondary N) is 1. The monoisotopic (exact) mass is 354 g/mol. The number of anilines is 1. The first-order valence-electron chi connectivity index (χ1n) is 8.27. The van der Waals surface area contributed by atoms with Gasteiger partial charge in [-0.25, -0.2) is 9.37 Å². The average molecular weight is 354 g/mol. The third kappa shape index (κ3) is 3.70. The molecule has 3 heterocycles. The smallest absolute Gasteiger partial charge is 0.130 e. The fourth-order valence-corrected chi connectivity index (χ4v) is 3.76. The number of alkyl halides is 1. The Balaban J connectivity index is 1.50. The van der Waals surface area contributed by atoms with Crippen LogP contribution in [0.5, 0.6) is 0 Å². The van der Waals surface area contributed by atoms with Crippen LogP contribution >= 0.6 is 11.3 Å². The fraction of sp³-hybridized carbons (Fsp3) is 0.263. The number of fused-ring (bicyclic) bond motifs is 1. The highest BCUT2D eigenvalue weighted by molar-refractivity contribution is 7.13. The van der Waals surface area contributed by atoms with Gasteiger partial charge in [0, 0.05) is 43.1 Å². The lowest BCUT2D eigenvalue weighted by molar-refractivity contribution is 0.303. The van der Waals surface area contributed by atoms with Crippen LogP contribution in [0.25, 0.3) is 21.2 Å². The Morgan fingerprint density at radius 3 is 3.00 bits per heavy atom. The molecule has 1 aliphatic heterocycles. The number of benzene rings is 1. The van der Waals surface area contributed by atoms with Crippen LogP contribution in [0, 0.1) is 0 Å². The lowest BCUT2D eigenvalue weighted by Crippen LogP contribution is -2.25. The quantitative estimate of drug-likeness (QED) is 0.740. The van der Waals surface area contributed by atoms with Crippen molar-refractivity contribution in [3.8, 4) is 10.4 Å². The Labute approximate surface area is 150 Å². The standard InChI is InChI=1S/C19H19FN4S/c1-13(10-24-5-4-17(20)11-24)23-19-7-16-6-14(18-9-21-12-25-18)2-3-15(16)8-22-19/h2-3,6-9,12,17H,1,4-5,10-11H2,(H,22,23). The lowest BCUT2D eigenvalue weighted by Gasteiger charge is -2.17. The Hall–Kier alpha value is -2.31. The maximum atomic E-state index is 13.3. The maximum absolute atomic E-state index is 13.3. The molecule has 1 aromatic carbocycles. The molecule has 1 saturated heterocycles. The summed E-state index contributed by atoms with van der Waals surface area (Å²) in [5.41, 5.74) is 3.82. The van der Waals surface area contributed by atoms with Gasteiger partial charge in [-0.1, -0.05) is 18.7 Å². The Bertz CT molecular complexity index is 894. The van der Waals surface area contributed by atoms with E-state index in [0.717, 1.165) is 39.3 Å². The van der Waals surface area contributed by atoms with Crippen LogP contribution in [0.1, 0.15) is 6.42 Å². The van der Waals surface area contributed by atoms with Crippen molar-refractivity contribution in [3.63, 3.8) is 0 Å². The average Bonchev–Trinajstić information content (AvgIpc) is 3.26. The minimum absolute atomic E-state index is 0.490. The summed E-state index contributed by atoms with van der Waals surface area (Å²) in [5, 5.41) is 5.45. The topological polar surface area (TPSA) is 41.0 Å². The molecule has 1 fully saturated rings. The van der Waals surface area contributed by atoms with Crippen LogP contribution in [-0.2, 0) is 0 Å². The second-order valence-electron chi connectivity index (χ2n) is 6.35. The highest BCUT2D eigenvalue weighted by Gasteiger charge is 2.21. The highest BCUT2D eigenvalue weighted by atomic mass is 32.1. The molecule has 0 aliphatic carbocycles. The molecule has 1 N–H and O–H groups in total. The minimum atomic E-state index is -0.711. The van der Waals surface area contributed by atoms with Gasteiger partial charge in [-0.15, -0.1) is 11.3 Å². The number of pyridine rings is 1. The third-order valence-electron chi connectivity index (χ3n) is 4.37. The van der Waals surface area contributed by atoms with E-state index in [2.05, 4.69) is 45.0 Å². The predicted octanol–water partition coefficient (Wildman–Crippen LogP) is 4.33. The van der Waals surface area contributed by atoms with Crippen LogP contribution in [0.2, 0.25) is 0 Å². The molecule has 2 aromatic heterocycles. The molecular formula is C19H19FN4S. The number of halogens is 1. The Morgan fingerprint density at radius 2 is 2.24 bits per heavy atom. The first-order chi connectivity index (χ1) is 12.2. The zero-order valence-corrected chi connectivity index (χ0v) is 14.6. The molecule has 6 heteroatoms. The summed E-state index contributed by atoms with van der Waals surface area (Å²) in [6.07, 6.45) is 3.63.